The molecule has 0 saturated carbocycles. The second-order valence-corrected chi connectivity index (χ2v) is 15.9. The lowest BCUT2D eigenvalue weighted by molar-refractivity contribution is -0.356. The number of cyclic esters (lactones) is 1. The summed E-state index contributed by atoms with van der Waals surface area (Å²) in [6, 6.07) is 7.79. The Hall–Kier alpha value is -2.16. The van der Waals surface area contributed by atoms with Gasteiger partial charge < -0.3 is 49.2 Å². The first kappa shape index (κ1) is 42.3. The third-order valence-corrected chi connectivity index (χ3v) is 11.0. The number of nitrogens with zero attached hydrogens (tertiary/aromatic N) is 2. The van der Waals surface area contributed by atoms with E-state index in [0.29, 0.717) is 18.5 Å². The number of carbonyl (C=O) groups is 2. The summed E-state index contributed by atoms with van der Waals surface area (Å²) in [4.78, 5) is 30.9. The molecule has 4 N–H and O–H groups in total. The second-order valence-electron chi connectivity index (χ2n) is 15.9. The average molecular weight is 709 g/mol. The van der Waals surface area contributed by atoms with E-state index in [9.17, 15) is 30.0 Å². The number of carbonyl (C=O) groups excluding carboxylic acids is 2. The van der Waals surface area contributed by atoms with Gasteiger partial charge in [0, 0.05) is 18.5 Å². The van der Waals surface area contributed by atoms with Crippen LogP contribution in [0, 0.1) is 17.8 Å². The van der Waals surface area contributed by atoms with Crippen LogP contribution in [0.2, 0.25) is 0 Å². The fourth-order valence-corrected chi connectivity index (χ4v) is 8.00. The zero-order valence-corrected chi connectivity index (χ0v) is 32.2. The van der Waals surface area contributed by atoms with Crippen LogP contribution in [-0.4, -0.2) is 136 Å². The summed E-state index contributed by atoms with van der Waals surface area (Å²) in [6.07, 6.45) is -5.12. The summed E-state index contributed by atoms with van der Waals surface area (Å²) in [5.74, 6) is -5.03. The summed E-state index contributed by atoms with van der Waals surface area (Å²) in [6.45, 7) is 15.9. The largest absolute Gasteiger partial charge is 0.459 e. The molecule has 2 heterocycles. The SMILES string of the molecule is CC[C@H]1OC(=O)[C@H](C)[C@@H](O)[C@H](C)[C@@H](O[C@]2(C)O[C@H](C)C[C@H](N(C)C)[C@H]2OC(=O)c2ccccc2)[C@](C)(O)C[C@@H](C)CN(C)[C@H](C)[C@@H](O)[C@]1(C)O. The number of hydrogen-bond donors (Lipinski definition) is 4. The van der Waals surface area contributed by atoms with E-state index in [1.165, 1.54) is 13.8 Å². The predicted molar refractivity (Wildman–Crippen MR) is 189 cm³/mol. The predicted octanol–water partition coefficient (Wildman–Crippen LogP) is 3.23. The van der Waals surface area contributed by atoms with E-state index in [-0.39, 0.29) is 30.9 Å². The van der Waals surface area contributed by atoms with Crippen molar-refractivity contribution in [2.45, 2.75) is 147 Å². The van der Waals surface area contributed by atoms with Gasteiger partial charge in [-0.2, -0.15) is 0 Å². The number of rotatable bonds is 6. The molecule has 50 heavy (non-hydrogen) atoms. The van der Waals surface area contributed by atoms with Crippen LogP contribution in [-0.2, 0) is 23.7 Å². The Bertz CT molecular complexity index is 1260. The maximum atomic E-state index is 13.6. The van der Waals surface area contributed by atoms with E-state index in [4.69, 9.17) is 18.9 Å². The molecule has 286 valence electrons. The minimum absolute atomic E-state index is 0.160. The van der Waals surface area contributed by atoms with Crippen molar-refractivity contribution in [3.8, 4) is 0 Å². The molecular weight excluding hydrogens is 644 g/mol. The number of likely N-dealkylation sites (N-methyl/N-ethyl adjacent to an activating group) is 2. The molecule has 0 spiro atoms. The van der Waals surface area contributed by atoms with Gasteiger partial charge >= 0.3 is 11.9 Å². The molecule has 0 bridgehead atoms. The van der Waals surface area contributed by atoms with Gasteiger partial charge in [-0.15, -0.1) is 0 Å². The highest BCUT2D eigenvalue weighted by molar-refractivity contribution is 5.89. The first-order valence-electron chi connectivity index (χ1n) is 18.1. The van der Waals surface area contributed by atoms with Gasteiger partial charge in [-0.1, -0.05) is 39.0 Å². The third kappa shape index (κ3) is 9.43. The van der Waals surface area contributed by atoms with Crippen molar-refractivity contribution in [1.82, 2.24) is 9.80 Å². The molecule has 14 atom stereocenters. The van der Waals surface area contributed by atoms with E-state index in [1.54, 1.807) is 58.9 Å². The summed E-state index contributed by atoms with van der Waals surface area (Å²) < 4.78 is 25.4. The molecular formula is C38H64N2O10. The lowest BCUT2D eigenvalue weighted by Crippen LogP contribution is -2.65. The van der Waals surface area contributed by atoms with E-state index in [0.717, 1.165) is 0 Å². The molecule has 0 aromatic heterocycles. The number of benzene rings is 1. The Kier molecular flexibility index (Phi) is 14.1. The van der Waals surface area contributed by atoms with E-state index >= 15 is 0 Å². The zero-order chi connectivity index (χ0) is 37.9. The molecule has 1 aromatic rings. The van der Waals surface area contributed by atoms with Gasteiger partial charge in [0.05, 0.1) is 41.4 Å². The first-order valence-corrected chi connectivity index (χ1v) is 18.1. The molecule has 0 amide bonds. The van der Waals surface area contributed by atoms with Gasteiger partial charge in [-0.25, -0.2) is 4.79 Å². The van der Waals surface area contributed by atoms with E-state index in [2.05, 4.69) is 0 Å². The number of esters is 2. The van der Waals surface area contributed by atoms with Crippen LogP contribution >= 0.6 is 0 Å². The molecule has 0 radical (unpaired) electrons. The highest BCUT2D eigenvalue weighted by atomic mass is 16.7. The summed E-state index contributed by atoms with van der Waals surface area (Å²) in [5.41, 5.74) is -3.02. The summed E-state index contributed by atoms with van der Waals surface area (Å²) in [7, 11) is 5.61. The van der Waals surface area contributed by atoms with Crippen LogP contribution < -0.4 is 0 Å². The molecule has 0 unspecified atom stereocenters. The summed E-state index contributed by atoms with van der Waals surface area (Å²) in [5, 5.41) is 47.0. The first-order chi connectivity index (χ1) is 23.1. The number of aliphatic hydroxyl groups is 4. The van der Waals surface area contributed by atoms with Gasteiger partial charge in [-0.05, 0) is 100.0 Å². The summed E-state index contributed by atoms with van der Waals surface area (Å²) >= 11 is 0. The maximum Gasteiger partial charge on any atom is 0.338 e. The van der Waals surface area contributed by atoms with E-state index in [1.807, 2.05) is 50.9 Å². The van der Waals surface area contributed by atoms with Crippen molar-refractivity contribution >= 4 is 11.9 Å². The van der Waals surface area contributed by atoms with Crippen LogP contribution in [0.1, 0.15) is 91.9 Å². The van der Waals surface area contributed by atoms with Crippen molar-refractivity contribution in [3.63, 3.8) is 0 Å². The molecule has 0 aliphatic carbocycles. The molecule has 2 aliphatic heterocycles. The molecule has 3 rings (SSSR count). The fourth-order valence-electron chi connectivity index (χ4n) is 8.00. The fraction of sp³-hybridized carbons (Fsp3) is 0.789. The van der Waals surface area contributed by atoms with E-state index < -0.39 is 77.3 Å². The Morgan fingerprint density at radius 3 is 2.18 bits per heavy atom. The lowest BCUT2D eigenvalue weighted by atomic mass is 9.77. The van der Waals surface area contributed by atoms with Crippen molar-refractivity contribution in [3.05, 3.63) is 35.9 Å². The normalized spacial score (nSPS) is 43.1. The minimum Gasteiger partial charge on any atom is -0.459 e. The second kappa shape index (κ2) is 16.7. The van der Waals surface area contributed by atoms with Gasteiger partial charge in [0.2, 0.25) is 5.79 Å². The quantitative estimate of drug-likeness (QED) is 0.321. The zero-order valence-electron chi connectivity index (χ0n) is 32.2. The smallest absolute Gasteiger partial charge is 0.338 e. The number of hydrogen-bond acceptors (Lipinski definition) is 12. The van der Waals surface area contributed by atoms with Crippen LogP contribution in [0.15, 0.2) is 30.3 Å². The molecule has 2 saturated heterocycles. The molecule has 2 fully saturated rings. The van der Waals surface area contributed by atoms with Crippen LogP contribution in [0.4, 0.5) is 0 Å². The van der Waals surface area contributed by atoms with Crippen molar-refractivity contribution in [2.24, 2.45) is 17.8 Å². The van der Waals surface area contributed by atoms with Gasteiger partial charge in [0.15, 0.2) is 6.10 Å². The van der Waals surface area contributed by atoms with Crippen LogP contribution in [0.25, 0.3) is 0 Å². The molecule has 1 aromatic carbocycles. The average Bonchev–Trinajstić information content (AvgIpc) is 3.04. The Labute approximate surface area is 299 Å². The Balaban J connectivity index is 2.11. The monoisotopic (exact) mass is 708 g/mol. The minimum atomic E-state index is -1.78. The van der Waals surface area contributed by atoms with Gasteiger partial charge in [-0.3, -0.25) is 4.79 Å². The molecule has 2 aliphatic rings. The van der Waals surface area contributed by atoms with Crippen molar-refractivity contribution < 1.29 is 49.0 Å². The highest BCUT2D eigenvalue weighted by Gasteiger charge is 2.55. The van der Waals surface area contributed by atoms with Crippen LogP contribution in [0.5, 0.6) is 0 Å². The standard InChI is InChI=1S/C38H64N2O10/c1-13-29-37(8,46)31(42)26(6)40(12)21-22(2)20-36(7,45)32(24(4)30(41)25(5)34(43)47-29)50-38(9)33(28(39(10)11)19-23(3)49-38)48-35(44)27-17-15-14-16-18-27/h14-18,22-26,28-33,41-42,45-46H,13,19-21H2,1-12H3/t22-,23-,24+,25-,26-,28+,29-,30+,31-,32-,33-,36-,37-,38+/m1/s1. The maximum absolute atomic E-state index is 13.6. The Morgan fingerprint density at radius 1 is 1.02 bits per heavy atom. The van der Waals surface area contributed by atoms with Crippen LogP contribution in [0.3, 0.4) is 0 Å². The van der Waals surface area contributed by atoms with Crippen molar-refractivity contribution in [2.75, 3.05) is 27.7 Å². The van der Waals surface area contributed by atoms with Gasteiger partial charge in [0.25, 0.3) is 0 Å². The number of aliphatic hydroxyl groups excluding tert-OH is 2. The lowest BCUT2D eigenvalue weighted by Gasteiger charge is -2.52. The number of ether oxygens (including phenoxy) is 4. The topological polar surface area (TPSA) is 158 Å². The molecule has 12 nitrogen and oxygen atoms in total. The highest BCUT2D eigenvalue weighted by Crippen LogP contribution is 2.41. The molecule has 12 heteroatoms. The van der Waals surface area contributed by atoms with Crippen molar-refractivity contribution in [1.29, 1.82) is 0 Å². The third-order valence-electron chi connectivity index (χ3n) is 11.0. The Morgan fingerprint density at radius 2 is 1.62 bits per heavy atom. The van der Waals surface area contributed by atoms with Gasteiger partial charge in [0.1, 0.15) is 17.8 Å².